The van der Waals surface area contributed by atoms with E-state index in [-0.39, 0.29) is 0 Å². The van der Waals surface area contributed by atoms with Gasteiger partial charge in [-0.05, 0) is 0 Å². The molecule has 0 heterocycles. The van der Waals surface area contributed by atoms with Gasteiger partial charge in [0.2, 0.25) is 0 Å². The first-order valence-corrected chi connectivity index (χ1v) is 7.99. The van der Waals surface area contributed by atoms with Crippen LogP contribution < -0.4 is 0 Å². The zero-order chi connectivity index (χ0) is 13.0. The highest BCUT2D eigenvalue weighted by Gasteiger charge is 2.21. The van der Waals surface area contributed by atoms with Crippen LogP contribution in [0.1, 0.15) is 91.4 Å². The number of hydrogen-bond acceptors (Lipinski definition) is 0. The molecule has 0 aromatic rings. The number of rotatable bonds is 12. The van der Waals surface area contributed by atoms with Gasteiger partial charge in [-0.3, -0.25) is 0 Å². The molecule has 0 bridgehead atoms. The molecule has 0 aliphatic heterocycles. The zero-order valence-corrected chi connectivity index (χ0v) is 12.9. The average molecular weight is 237 g/mol. The Kier molecular flexibility index (Phi) is 11.2. The fourth-order valence-electron chi connectivity index (χ4n) is 2.50. The van der Waals surface area contributed by atoms with E-state index in [1.165, 1.54) is 70.6 Å². The van der Waals surface area contributed by atoms with Crippen molar-refractivity contribution >= 4 is 7.28 Å². The largest absolute Gasteiger partial charge is 0.114 e. The van der Waals surface area contributed by atoms with Gasteiger partial charge in [-0.2, -0.15) is 0 Å². The number of unbranched alkanes of at least 4 members (excludes halogenated alkanes) is 7. The van der Waals surface area contributed by atoms with Crippen molar-refractivity contribution < 1.29 is 0 Å². The molecule has 0 rings (SSSR count). The molecule has 1 atom stereocenters. The van der Waals surface area contributed by atoms with Gasteiger partial charge in [0.15, 0.2) is 0 Å². The van der Waals surface area contributed by atoms with Crippen LogP contribution in [0, 0.1) is 0 Å². The summed E-state index contributed by atoms with van der Waals surface area (Å²) in [6, 6.07) is 0. The van der Waals surface area contributed by atoms with E-state index < -0.39 is 0 Å². The average Bonchev–Trinajstić information content (AvgIpc) is 2.34. The molecule has 0 saturated heterocycles. The van der Waals surface area contributed by atoms with Crippen molar-refractivity contribution in [3.63, 3.8) is 0 Å². The van der Waals surface area contributed by atoms with Gasteiger partial charge < -0.3 is 0 Å². The van der Waals surface area contributed by atoms with E-state index in [9.17, 15) is 0 Å². The quantitative estimate of drug-likeness (QED) is 0.278. The normalized spacial score (nSPS) is 14.6. The first-order chi connectivity index (χ1) is 8.18. The molecule has 0 amide bonds. The van der Waals surface area contributed by atoms with Crippen molar-refractivity contribution in [1.82, 2.24) is 0 Å². The first-order valence-electron chi connectivity index (χ1n) is 7.99. The van der Waals surface area contributed by atoms with Crippen LogP contribution in [0.5, 0.6) is 0 Å². The maximum Gasteiger partial charge on any atom is 0.114 e. The lowest BCUT2D eigenvalue weighted by atomic mass is 9.51. The van der Waals surface area contributed by atoms with Gasteiger partial charge in [0.1, 0.15) is 7.28 Å². The molecule has 0 fully saturated rings. The third-order valence-corrected chi connectivity index (χ3v) is 4.15. The summed E-state index contributed by atoms with van der Waals surface area (Å²) in [5, 5.41) is 0.514. The van der Waals surface area contributed by atoms with Gasteiger partial charge in [0, 0.05) is 0 Å². The van der Waals surface area contributed by atoms with Crippen molar-refractivity contribution in [3.05, 3.63) is 0 Å². The number of hydrogen-bond donors (Lipinski definition) is 0. The van der Waals surface area contributed by atoms with E-state index in [0.29, 0.717) is 5.31 Å². The van der Waals surface area contributed by atoms with Crippen LogP contribution in [0.15, 0.2) is 0 Å². The van der Waals surface area contributed by atoms with Crippen LogP contribution in [-0.4, -0.2) is 7.28 Å². The van der Waals surface area contributed by atoms with Crippen molar-refractivity contribution in [2.75, 3.05) is 0 Å². The molecule has 0 spiro atoms. The predicted octanol–water partition coefficient (Wildman–Crippen LogP) is 6.25. The van der Waals surface area contributed by atoms with Crippen molar-refractivity contribution in [2.45, 2.75) is 104 Å². The highest BCUT2D eigenvalue weighted by Crippen LogP contribution is 2.37. The van der Waals surface area contributed by atoms with E-state index in [2.05, 4.69) is 34.9 Å². The van der Waals surface area contributed by atoms with Gasteiger partial charge in [0.05, 0.1) is 0 Å². The lowest BCUT2D eigenvalue weighted by Crippen LogP contribution is -2.14. The summed E-state index contributed by atoms with van der Waals surface area (Å²) in [7, 11) is 2.46. The second kappa shape index (κ2) is 11.2. The van der Waals surface area contributed by atoms with Crippen LogP contribution in [0.3, 0.4) is 0 Å². The van der Waals surface area contributed by atoms with Crippen LogP contribution in [0.4, 0.5) is 0 Å². The zero-order valence-electron chi connectivity index (χ0n) is 12.9. The minimum Gasteiger partial charge on any atom is -0.0914 e. The SMILES string of the molecule is C[B]C(C)(CCCCCC)CCCCCCC. The topological polar surface area (TPSA) is 0 Å². The van der Waals surface area contributed by atoms with Gasteiger partial charge in [0.25, 0.3) is 0 Å². The van der Waals surface area contributed by atoms with Gasteiger partial charge in [-0.1, -0.05) is 104 Å². The Labute approximate surface area is 111 Å². The Morgan fingerprint density at radius 3 is 1.53 bits per heavy atom. The molecular weight excluding hydrogens is 203 g/mol. The molecule has 0 aliphatic rings. The van der Waals surface area contributed by atoms with E-state index in [0.717, 1.165) is 0 Å². The molecule has 0 N–H and O–H groups in total. The molecular formula is C16H34B. The fraction of sp³-hybridized carbons (Fsp3) is 1.00. The van der Waals surface area contributed by atoms with Crippen molar-refractivity contribution in [2.24, 2.45) is 0 Å². The minimum atomic E-state index is 0.514. The lowest BCUT2D eigenvalue weighted by molar-refractivity contribution is 0.449. The molecule has 17 heavy (non-hydrogen) atoms. The van der Waals surface area contributed by atoms with Crippen molar-refractivity contribution in [1.29, 1.82) is 0 Å². The summed E-state index contributed by atoms with van der Waals surface area (Å²) < 4.78 is 0. The molecule has 0 aliphatic carbocycles. The second-order valence-electron chi connectivity index (χ2n) is 5.92. The Hall–Kier alpha value is 0.0649. The summed E-state index contributed by atoms with van der Waals surface area (Å²) in [5.41, 5.74) is 0. The summed E-state index contributed by atoms with van der Waals surface area (Å²) in [6.45, 7) is 9.29. The second-order valence-corrected chi connectivity index (χ2v) is 5.92. The van der Waals surface area contributed by atoms with E-state index >= 15 is 0 Å². The fourth-order valence-corrected chi connectivity index (χ4v) is 2.50. The molecule has 1 heteroatoms. The molecule has 1 unspecified atom stereocenters. The first kappa shape index (κ1) is 17.1. The highest BCUT2D eigenvalue weighted by atomic mass is 14.2. The maximum absolute atomic E-state index is 2.46. The highest BCUT2D eigenvalue weighted by molar-refractivity contribution is 6.38. The van der Waals surface area contributed by atoms with Crippen molar-refractivity contribution in [3.8, 4) is 0 Å². The van der Waals surface area contributed by atoms with Gasteiger partial charge in [-0.25, -0.2) is 0 Å². The molecule has 0 aromatic carbocycles. The Morgan fingerprint density at radius 1 is 0.706 bits per heavy atom. The lowest BCUT2D eigenvalue weighted by Gasteiger charge is -2.28. The summed E-state index contributed by atoms with van der Waals surface area (Å²) in [5.74, 6) is 0. The smallest absolute Gasteiger partial charge is 0.0914 e. The van der Waals surface area contributed by atoms with E-state index in [1.807, 2.05) is 0 Å². The molecule has 101 valence electrons. The summed E-state index contributed by atoms with van der Waals surface area (Å²) in [6.07, 6.45) is 15.5. The Balaban J connectivity index is 3.61. The monoisotopic (exact) mass is 237 g/mol. The van der Waals surface area contributed by atoms with E-state index in [4.69, 9.17) is 0 Å². The Morgan fingerprint density at radius 2 is 1.12 bits per heavy atom. The predicted molar refractivity (Wildman–Crippen MR) is 82.1 cm³/mol. The standard InChI is InChI=1S/C16H34B/c1-5-7-9-11-13-15-16(3,17-4)14-12-10-8-6-2/h5-15H2,1-4H3. The molecule has 0 aromatic heterocycles. The third-order valence-electron chi connectivity index (χ3n) is 4.15. The maximum atomic E-state index is 2.46. The minimum absolute atomic E-state index is 0.514. The van der Waals surface area contributed by atoms with Crippen LogP contribution in [0.25, 0.3) is 0 Å². The summed E-state index contributed by atoms with van der Waals surface area (Å²) in [4.78, 5) is 0. The van der Waals surface area contributed by atoms with Crippen LogP contribution in [0.2, 0.25) is 12.1 Å². The van der Waals surface area contributed by atoms with Gasteiger partial charge in [-0.15, -0.1) is 0 Å². The molecule has 1 radical (unpaired) electrons. The third kappa shape index (κ3) is 9.74. The van der Waals surface area contributed by atoms with Gasteiger partial charge >= 0.3 is 0 Å². The van der Waals surface area contributed by atoms with Crippen LogP contribution >= 0.6 is 0 Å². The van der Waals surface area contributed by atoms with E-state index in [1.54, 1.807) is 0 Å². The van der Waals surface area contributed by atoms with Crippen LogP contribution in [-0.2, 0) is 0 Å². The Bertz CT molecular complexity index is 156. The molecule has 0 nitrogen and oxygen atoms in total. The summed E-state index contributed by atoms with van der Waals surface area (Å²) >= 11 is 0. The molecule has 0 saturated carbocycles.